The van der Waals surface area contributed by atoms with Crippen molar-refractivity contribution in [3.05, 3.63) is 83.4 Å². The van der Waals surface area contributed by atoms with Gasteiger partial charge >= 0.3 is 24.1 Å². The summed E-state index contributed by atoms with van der Waals surface area (Å²) >= 11 is 0. The molecule has 0 radical (unpaired) electrons. The van der Waals surface area contributed by atoms with Crippen molar-refractivity contribution in [2.45, 2.75) is 274 Å². The van der Waals surface area contributed by atoms with Gasteiger partial charge in [-0.15, -0.1) is 0 Å². The minimum Gasteiger partial charge on any atom is -0.481 e. The van der Waals surface area contributed by atoms with E-state index in [-0.39, 0.29) is 100 Å². The molecule has 1 aliphatic heterocycles. The number of carboxylic acids is 3. The third-order valence-electron chi connectivity index (χ3n) is 17.7. The van der Waals surface area contributed by atoms with E-state index in [0.29, 0.717) is 70.8 Å². The monoisotopic (exact) mass is 1450 g/mol. The van der Waals surface area contributed by atoms with Crippen LogP contribution in [-0.4, -0.2) is 160 Å². The van der Waals surface area contributed by atoms with Crippen LogP contribution in [0.1, 0.15) is 211 Å². The minimum atomic E-state index is -4.84. The molecule has 11 atom stereocenters. The van der Waals surface area contributed by atoms with Gasteiger partial charge in [0.25, 0.3) is 0 Å². The van der Waals surface area contributed by atoms with E-state index in [2.05, 4.69) is 47.9 Å². The van der Waals surface area contributed by atoms with Crippen LogP contribution in [0.2, 0.25) is 0 Å². The number of nitrogens with one attached hydrogen (secondary N) is 9. The van der Waals surface area contributed by atoms with Crippen LogP contribution in [-0.2, 0) is 76.6 Å². The zero-order valence-corrected chi connectivity index (χ0v) is 60.1. The van der Waals surface area contributed by atoms with Crippen LogP contribution in [0.15, 0.2) is 66.7 Å². The van der Waals surface area contributed by atoms with E-state index < -0.39 is 182 Å². The van der Waals surface area contributed by atoms with Gasteiger partial charge in [0.1, 0.15) is 0 Å². The molecule has 103 heavy (non-hydrogen) atoms. The van der Waals surface area contributed by atoms with Gasteiger partial charge in [-0.2, -0.15) is 13.2 Å². The normalized spacial score (nSPS) is 19.1. The first-order chi connectivity index (χ1) is 48.8. The third kappa shape index (κ3) is 40.2. The number of hydrogen-bond donors (Lipinski definition) is 15. The van der Waals surface area contributed by atoms with Gasteiger partial charge in [0.2, 0.25) is 53.2 Å². The fourth-order valence-electron chi connectivity index (χ4n) is 12.5. The lowest BCUT2D eigenvalue weighted by Crippen LogP contribution is -2.49. The first-order valence-electron chi connectivity index (χ1n) is 36.1. The Balaban J connectivity index is 1.92. The van der Waals surface area contributed by atoms with Crippen LogP contribution in [0, 0.1) is 11.8 Å². The Kier molecular flexibility index (Phi) is 41.7. The molecular formula is C73H113F3N12O15. The first-order valence-corrected chi connectivity index (χ1v) is 36.1. The number of nitrogens with two attached hydrogens (primary N) is 3. The molecule has 0 aromatic heterocycles. The molecular weight excluding hydrogens is 1340 g/mol. The molecule has 27 nitrogen and oxygen atoms in total. The molecule has 0 unspecified atom stereocenters. The van der Waals surface area contributed by atoms with Gasteiger partial charge in [-0.05, 0) is 138 Å². The second-order valence-electron chi connectivity index (χ2n) is 27.6. The lowest BCUT2D eigenvalue weighted by molar-refractivity contribution is -0.140. The largest absolute Gasteiger partial charge is 0.481 e. The van der Waals surface area contributed by atoms with E-state index in [0.717, 1.165) is 11.6 Å². The van der Waals surface area contributed by atoms with E-state index in [9.17, 15) is 86.0 Å². The maximum absolute atomic E-state index is 14.6. The number of benzene rings is 2. The number of aliphatic carboxylic acids is 3. The molecule has 1 aliphatic rings. The highest BCUT2D eigenvalue weighted by molar-refractivity contribution is 5.85. The van der Waals surface area contributed by atoms with E-state index in [4.69, 9.17) is 17.2 Å². The Labute approximate surface area is 602 Å². The van der Waals surface area contributed by atoms with Crippen LogP contribution < -0.4 is 65.1 Å². The number of halogens is 3. The molecule has 0 aliphatic carbocycles. The first kappa shape index (κ1) is 88.7. The van der Waals surface area contributed by atoms with Crippen molar-refractivity contribution in [1.29, 1.82) is 0 Å². The van der Waals surface area contributed by atoms with Crippen molar-refractivity contribution in [3.8, 4) is 0 Å². The van der Waals surface area contributed by atoms with Crippen molar-refractivity contribution < 1.29 is 86.0 Å². The number of rotatable bonds is 40. The van der Waals surface area contributed by atoms with Gasteiger partial charge in [-0.1, -0.05) is 94.8 Å². The second-order valence-corrected chi connectivity index (χ2v) is 27.6. The Morgan fingerprint density at radius 2 is 1.07 bits per heavy atom. The van der Waals surface area contributed by atoms with Crippen molar-refractivity contribution >= 4 is 71.1 Å². The Hall–Kier alpha value is -8.51. The molecule has 0 saturated heterocycles. The zero-order chi connectivity index (χ0) is 76.4. The van der Waals surface area contributed by atoms with Gasteiger partial charge < -0.3 is 80.4 Å². The molecule has 30 heteroatoms. The molecule has 2 aromatic rings. The maximum Gasteiger partial charge on any atom is 0.416 e. The highest BCUT2D eigenvalue weighted by Gasteiger charge is 2.35. The van der Waals surface area contributed by atoms with Crippen LogP contribution >= 0.6 is 0 Å². The number of hydrogen-bond acceptors (Lipinski definition) is 15. The lowest BCUT2D eigenvalue weighted by atomic mass is 9.94. The summed E-state index contributed by atoms with van der Waals surface area (Å²) in [7, 11) is 0. The molecule has 0 fully saturated rings. The van der Waals surface area contributed by atoms with Crippen molar-refractivity contribution in [2.75, 3.05) is 13.1 Å². The summed E-state index contributed by atoms with van der Waals surface area (Å²) < 4.78 is 43.8. The summed E-state index contributed by atoms with van der Waals surface area (Å²) in [6, 6.07) is 5.06. The number of carbonyl (C=O) groups is 12. The number of carboxylic acid groups (broad SMARTS) is 3. The lowest BCUT2D eigenvalue weighted by Gasteiger charge is -2.27. The quantitative estimate of drug-likeness (QED) is 0.0373. The maximum atomic E-state index is 14.6. The van der Waals surface area contributed by atoms with Crippen molar-refractivity contribution in [2.24, 2.45) is 29.0 Å². The number of amides is 9. The molecule has 0 bridgehead atoms. The van der Waals surface area contributed by atoms with Crippen molar-refractivity contribution in [3.63, 3.8) is 0 Å². The summed E-state index contributed by atoms with van der Waals surface area (Å²) in [6.45, 7) is 8.03. The predicted molar refractivity (Wildman–Crippen MR) is 381 cm³/mol. The van der Waals surface area contributed by atoms with Crippen molar-refractivity contribution in [1.82, 2.24) is 47.9 Å². The summed E-state index contributed by atoms with van der Waals surface area (Å²) in [5.41, 5.74) is 17.2. The fourth-order valence-corrected chi connectivity index (χ4v) is 12.5. The van der Waals surface area contributed by atoms with Gasteiger partial charge in [0.15, 0.2) is 0 Å². The van der Waals surface area contributed by atoms with Crippen LogP contribution in [0.5, 0.6) is 0 Å². The summed E-state index contributed by atoms with van der Waals surface area (Å²) in [4.78, 5) is 160. The van der Waals surface area contributed by atoms with Gasteiger partial charge in [0, 0.05) is 131 Å². The summed E-state index contributed by atoms with van der Waals surface area (Å²) in [5, 5.41) is 53.8. The average Bonchev–Trinajstić information content (AvgIpc) is 0.833. The van der Waals surface area contributed by atoms with Crippen LogP contribution in [0.4, 0.5) is 13.2 Å². The second kappa shape index (κ2) is 48.4. The molecule has 9 amide bonds. The van der Waals surface area contributed by atoms with E-state index >= 15 is 0 Å². The molecule has 0 spiro atoms. The predicted octanol–water partition coefficient (Wildman–Crippen LogP) is 5.38. The molecule has 3 rings (SSSR count). The molecule has 2 aromatic carbocycles. The molecule has 1 heterocycles. The number of allylic oxidation sites excluding steroid dienone is 2. The standard InChI is InChI=1S/C73H113F3N12O15/c1-5-47(4)60(45-69(97)86-57(34-48-19-11-10-12-20-48)42-66(94)84-55(44-72(102)103)28-30-71(100)101)88-68(96)39-53(25-18-32-78)82-67(95)43-58(35-49-21-15-16-26-59(49)73(74,75)76)87-64(92)38-52-24-14-9-7-6-8-13-23-51(80-61(89)36-50(79)22-17-31-77)37-63(91)85-56(33-46(2)3)41-65(93)83-54(27-29-70(98)99)40-62(90)81-52/h6-7,10-12,15-16,19-21,26,46-47,50-58,60H,5,8-9,13-14,17-18,22-25,27-45,77-79H2,1-4H3,(H,80,89)(H,81,90)(H,82,95)(H,83,93)(H,84,94)(H,85,91)(H,86,97)(H,87,92)(H,88,96)(H,98,99)(H,100,101)(H,102,103)/b7-6+/t47-,50-,51-,52-,53-,54-,55-,56-,57-,58-,60+/m0/s1. The van der Waals surface area contributed by atoms with Gasteiger partial charge in [-0.3, -0.25) is 57.5 Å². The smallest absolute Gasteiger partial charge is 0.416 e. The van der Waals surface area contributed by atoms with E-state index in [1.807, 2.05) is 39.8 Å². The SMILES string of the molecule is CC[C@H](C)[C@@H](CC(=O)N[C@H](CC(=O)N[C@@H](CCC(=O)O)CC(=O)O)Cc1ccccc1)NC(=O)C[C@H](CCCN)NC(=O)C[C@H](Cc1ccccc1C(F)(F)F)NC(=O)C[C@@H]1CCC/C=C/CCC[C@H](NC(=O)C[C@@H](N)CCCN)CC(=O)N[C@@H](CC(C)C)CC(=O)N[C@@H](CCC(=O)O)CC(=O)N1. The number of alkyl halides is 3. The average molecular weight is 1460 g/mol. The molecule has 18 N–H and O–H groups in total. The Morgan fingerprint density at radius 1 is 0.553 bits per heavy atom. The summed E-state index contributed by atoms with van der Waals surface area (Å²) in [5.74, 6) is -9.17. The molecule has 0 saturated carbocycles. The van der Waals surface area contributed by atoms with Gasteiger partial charge in [-0.25, -0.2) is 0 Å². The minimum absolute atomic E-state index is 0.00799. The zero-order valence-electron chi connectivity index (χ0n) is 60.1. The Bertz CT molecular complexity index is 3050. The third-order valence-corrected chi connectivity index (χ3v) is 17.7. The van der Waals surface area contributed by atoms with Crippen LogP contribution in [0.3, 0.4) is 0 Å². The Morgan fingerprint density at radius 3 is 1.67 bits per heavy atom. The van der Waals surface area contributed by atoms with Crippen LogP contribution in [0.25, 0.3) is 0 Å². The molecule has 576 valence electrons. The van der Waals surface area contributed by atoms with E-state index in [1.165, 1.54) is 18.2 Å². The highest BCUT2D eigenvalue weighted by atomic mass is 19.4. The fraction of sp³-hybridized carbons (Fsp3) is 0.644. The summed E-state index contributed by atoms with van der Waals surface area (Å²) in [6.07, 6.45) is -0.608. The van der Waals surface area contributed by atoms with E-state index in [1.54, 1.807) is 30.3 Å². The topological polar surface area (TPSA) is 452 Å². The highest BCUT2D eigenvalue weighted by Crippen LogP contribution is 2.33. The number of carbonyl (C=O) groups excluding carboxylic acids is 9. The van der Waals surface area contributed by atoms with Gasteiger partial charge in [0.05, 0.1) is 12.0 Å².